The summed E-state index contributed by atoms with van der Waals surface area (Å²) in [5.74, 6) is 0.568. The van der Waals surface area contributed by atoms with Gasteiger partial charge >= 0.3 is 0 Å². The smallest absolute Gasteiger partial charge is 0.239 e. The van der Waals surface area contributed by atoms with Gasteiger partial charge in [0.05, 0.1) is 6.54 Å². The highest BCUT2D eigenvalue weighted by Gasteiger charge is 2.61. The summed E-state index contributed by atoms with van der Waals surface area (Å²) < 4.78 is 1.68. The van der Waals surface area contributed by atoms with Gasteiger partial charge in [-0.15, -0.1) is 0 Å². The van der Waals surface area contributed by atoms with E-state index in [4.69, 9.17) is 0 Å². The standard InChI is InChI=1S/C19H26N4O/c1-18(2)13-19(18,15-8-6-5-7-9-15)14-22(3)12-17(24)20-16-10-11-23(4)21-16/h5-11H,12-14H2,1-4H3,(H,20,21,24)/t19-/m1/s1. The van der Waals surface area contributed by atoms with Crippen LogP contribution in [-0.2, 0) is 17.3 Å². The van der Waals surface area contributed by atoms with E-state index in [1.165, 1.54) is 5.56 Å². The van der Waals surface area contributed by atoms with Crippen LogP contribution in [0.2, 0.25) is 0 Å². The summed E-state index contributed by atoms with van der Waals surface area (Å²) in [7, 11) is 3.84. The van der Waals surface area contributed by atoms with Crippen LogP contribution in [0.1, 0.15) is 25.8 Å². The molecule has 1 aliphatic rings. The summed E-state index contributed by atoms with van der Waals surface area (Å²) in [5, 5.41) is 7.03. The molecule has 1 aliphatic carbocycles. The number of carbonyl (C=O) groups is 1. The fourth-order valence-electron chi connectivity index (χ4n) is 3.75. The van der Waals surface area contributed by atoms with Gasteiger partial charge < -0.3 is 5.32 Å². The van der Waals surface area contributed by atoms with Crippen molar-refractivity contribution in [3.05, 3.63) is 48.2 Å². The van der Waals surface area contributed by atoms with Crippen LogP contribution in [0.3, 0.4) is 0 Å². The van der Waals surface area contributed by atoms with Gasteiger partial charge in [0, 0.05) is 31.3 Å². The van der Waals surface area contributed by atoms with Crippen LogP contribution in [0.4, 0.5) is 5.82 Å². The summed E-state index contributed by atoms with van der Waals surface area (Å²) in [5.41, 5.74) is 1.76. The fraction of sp³-hybridized carbons (Fsp3) is 0.474. The summed E-state index contributed by atoms with van der Waals surface area (Å²) in [4.78, 5) is 14.3. The Morgan fingerprint density at radius 2 is 1.96 bits per heavy atom. The second-order valence-corrected chi connectivity index (χ2v) is 7.60. The van der Waals surface area contributed by atoms with Crippen molar-refractivity contribution in [2.75, 3.05) is 25.5 Å². The molecule has 1 aromatic heterocycles. The summed E-state index contributed by atoms with van der Waals surface area (Å²) in [6.45, 7) is 5.85. The topological polar surface area (TPSA) is 50.2 Å². The molecule has 128 valence electrons. The van der Waals surface area contributed by atoms with Gasteiger partial charge in [0.1, 0.15) is 0 Å². The van der Waals surface area contributed by atoms with Crippen molar-refractivity contribution in [2.24, 2.45) is 12.5 Å². The minimum Gasteiger partial charge on any atom is -0.308 e. The average Bonchev–Trinajstić information content (AvgIpc) is 2.84. The Kier molecular flexibility index (Phi) is 4.22. The fourth-order valence-corrected chi connectivity index (χ4v) is 3.75. The molecular formula is C19H26N4O. The number of hydrogen-bond donors (Lipinski definition) is 1. The van der Waals surface area contributed by atoms with Gasteiger partial charge in [0.15, 0.2) is 5.82 Å². The molecule has 1 N–H and O–H groups in total. The zero-order valence-electron chi connectivity index (χ0n) is 14.9. The van der Waals surface area contributed by atoms with Crippen molar-refractivity contribution < 1.29 is 4.79 Å². The molecule has 1 aromatic carbocycles. The molecule has 1 saturated carbocycles. The van der Waals surface area contributed by atoms with Gasteiger partial charge in [0.2, 0.25) is 5.91 Å². The molecule has 3 rings (SSSR count). The van der Waals surface area contributed by atoms with Gasteiger partial charge in [-0.2, -0.15) is 5.10 Å². The molecule has 0 unspecified atom stereocenters. The summed E-state index contributed by atoms with van der Waals surface area (Å²) in [6, 6.07) is 12.5. The molecule has 0 spiro atoms. The number of anilines is 1. The van der Waals surface area contributed by atoms with E-state index in [0.29, 0.717) is 12.4 Å². The number of benzene rings is 1. The van der Waals surface area contributed by atoms with Crippen LogP contribution in [0, 0.1) is 5.41 Å². The first-order chi connectivity index (χ1) is 11.3. The predicted molar refractivity (Wildman–Crippen MR) is 95.9 cm³/mol. The van der Waals surface area contributed by atoms with Crippen LogP contribution >= 0.6 is 0 Å². The molecule has 5 nitrogen and oxygen atoms in total. The minimum absolute atomic E-state index is 0.0298. The minimum atomic E-state index is -0.0298. The maximum absolute atomic E-state index is 12.2. The normalized spacial score (nSPS) is 21.7. The lowest BCUT2D eigenvalue weighted by Gasteiger charge is -2.27. The Morgan fingerprint density at radius 3 is 2.50 bits per heavy atom. The lowest BCUT2D eigenvalue weighted by atomic mass is 9.87. The molecule has 2 aromatic rings. The van der Waals surface area contributed by atoms with Crippen molar-refractivity contribution in [3.8, 4) is 0 Å². The second kappa shape index (κ2) is 6.06. The van der Waals surface area contributed by atoms with Crippen LogP contribution < -0.4 is 5.32 Å². The van der Waals surface area contributed by atoms with Crippen molar-refractivity contribution in [2.45, 2.75) is 25.7 Å². The molecule has 0 saturated heterocycles. The zero-order valence-corrected chi connectivity index (χ0v) is 14.9. The first kappa shape index (κ1) is 16.7. The van der Waals surface area contributed by atoms with Crippen LogP contribution in [0.25, 0.3) is 0 Å². The molecule has 1 heterocycles. The van der Waals surface area contributed by atoms with Crippen molar-refractivity contribution >= 4 is 11.7 Å². The van der Waals surface area contributed by atoms with E-state index in [9.17, 15) is 4.79 Å². The van der Waals surface area contributed by atoms with E-state index in [1.807, 2.05) is 20.3 Å². The van der Waals surface area contributed by atoms with E-state index in [-0.39, 0.29) is 16.7 Å². The molecule has 24 heavy (non-hydrogen) atoms. The van der Waals surface area contributed by atoms with E-state index in [0.717, 1.165) is 13.0 Å². The Hall–Kier alpha value is -2.14. The lowest BCUT2D eigenvalue weighted by molar-refractivity contribution is -0.117. The number of likely N-dealkylation sites (N-methyl/N-ethyl adjacent to an activating group) is 1. The molecule has 0 aliphatic heterocycles. The lowest BCUT2D eigenvalue weighted by Crippen LogP contribution is -2.37. The quantitative estimate of drug-likeness (QED) is 0.888. The predicted octanol–water partition coefficient (Wildman–Crippen LogP) is 2.66. The van der Waals surface area contributed by atoms with E-state index >= 15 is 0 Å². The first-order valence-corrected chi connectivity index (χ1v) is 8.36. The SMILES string of the molecule is CN(CC(=O)Nc1ccn(C)n1)C[C@@]1(c2ccccc2)CC1(C)C. The number of nitrogens with zero attached hydrogens (tertiary/aromatic N) is 3. The average molecular weight is 326 g/mol. The highest BCUT2D eigenvalue weighted by Crippen LogP contribution is 2.64. The van der Waals surface area contributed by atoms with Gasteiger partial charge in [-0.1, -0.05) is 44.2 Å². The number of nitrogens with one attached hydrogen (secondary N) is 1. The van der Waals surface area contributed by atoms with E-state index in [1.54, 1.807) is 10.7 Å². The third-order valence-corrected chi connectivity index (χ3v) is 5.18. The molecule has 1 amide bonds. The summed E-state index contributed by atoms with van der Waals surface area (Å²) >= 11 is 0. The van der Waals surface area contributed by atoms with Crippen LogP contribution in [-0.4, -0.2) is 40.7 Å². The number of aryl methyl sites for hydroxylation is 1. The highest BCUT2D eigenvalue weighted by atomic mass is 16.2. The Bertz CT molecular complexity index is 722. The number of aromatic nitrogens is 2. The van der Waals surface area contributed by atoms with Crippen molar-refractivity contribution in [1.82, 2.24) is 14.7 Å². The Balaban J connectivity index is 1.63. The monoisotopic (exact) mass is 326 g/mol. The molecular weight excluding hydrogens is 300 g/mol. The Labute approximate surface area is 143 Å². The molecule has 0 radical (unpaired) electrons. The van der Waals surface area contributed by atoms with Gasteiger partial charge in [0.25, 0.3) is 0 Å². The van der Waals surface area contributed by atoms with Gasteiger partial charge in [-0.25, -0.2) is 0 Å². The summed E-state index contributed by atoms with van der Waals surface area (Å²) in [6.07, 6.45) is 2.96. The molecule has 0 bridgehead atoms. The highest BCUT2D eigenvalue weighted by molar-refractivity contribution is 5.91. The van der Waals surface area contributed by atoms with Crippen molar-refractivity contribution in [3.63, 3.8) is 0 Å². The second-order valence-electron chi connectivity index (χ2n) is 7.60. The zero-order chi connectivity index (χ0) is 17.4. The molecule has 1 fully saturated rings. The molecule has 5 heteroatoms. The number of rotatable bonds is 6. The third-order valence-electron chi connectivity index (χ3n) is 5.18. The van der Waals surface area contributed by atoms with E-state index < -0.39 is 0 Å². The number of hydrogen-bond acceptors (Lipinski definition) is 3. The number of carbonyl (C=O) groups excluding carboxylic acids is 1. The van der Waals surface area contributed by atoms with Crippen LogP contribution in [0.5, 0.6) is 0 Å². The third kappa shape index (κ3) is 3.22. The Morgan fingerprint density at radius 1 is 1.29 bits per heavy atom. The largest absolute Gasteiger partial charge is 0.308 e. The van der Waals surface area contributed by atoms with E-state index in [2.05, 4.69) is 59.5 Å². The molecule has 1 atom stereocenters. The maximum Gasteiger partial charge on any atom is 0.239 e. The van der Waals surface area contributed by atoms with Crippen molar-refractivity contribution in [1.29, 1.82) is 0 Å². The van der Waals surface area contributed by atoms with Crippen LogP contribution in [0.15, 0.2) is 42.6 Å². The van der Waals surface area contributed by atoms with Gasteiger partial charge in [-0.05, 0) is 24.4 Å². The maximum atomic E-state index is 12.2. The number of amides is 1. The first-order valence-electron chi connectivity index (χ1n) is 8.36. The van der Waals surface area contributed by atoms with Gasteiger partial charge in [-0.3, -0.25) is 14.4 Å².